The van der Waals surface area contributed by atoms with Gasteiger partial charge in [-0.3, -0.25) is 0 Å². The number of carbonyl (C=O) groups excluding carboxylic acids is 5. The molecule has 0 aliphatic heterocycles. The fourth-order valence-electron chi connectivity index (χ4n) is 5.84. The van der Waals surface area contributed by atoms with Crippen LogP contribution in [0.25, 0.3) is 10.8 Å². The Morgan fingerprint density at radius 3 is 1.23 bits per heavy atom. The number of ether oxygens (including phenoxy) is 5. The molecule has 10 heteroatoms. The zero-order valence-electron chi connectivity index (χ0n) is 31.0. The quantitative estimate of drug-likeness (QED) is 0.0831. The van der Waals surface area contributed by atoms with Gasteiger partial charge in [-0.25, -0.2) is 24.0 Å². The van der Waals surface area contributed by atoms with E-state index in [9.17, 15) is 24.0 Å². The number of hydrogen-bond donors (Lipinski definition) is 0. The van der Waals surface area contributed by atoms with E-state index in [2.05, 4.69) is 13.8 Å². The predicted molar refractivity (Wildman–Crippen MR) is 209 cm³/mol. The van der Waals surface area contributed by atoms with Crippen molar-refractivity contribution in [1.82, 2.24) is 0 Å². The molecule has 0 unspecified atom stereocenters. The SMILES string of the molecule is CCCc1ccc(C(=O)Oc2ccc(C(=O)Oc3ccc4cc(OC(=O)c5ccc(OC(=O)c6ccc(CCC)cc6)cc5)c(C(=O)OC)cc4c3)cc2)cc1. The van der Waals surface area contributed by atoms with Gasteiger partial charge >= 0.3 is 29.8 Å². The van der Waals surface area contributed by atoms with E-state index in [1.165, 1.54) is 67.8 Å². The third-order valence-corrected chi connectivity index (χ3v) is 8.79. The van der Waals surface area contributed by atoms with Gasteiger partial charge in [0.25, 0.3) is 0 Å². The number of esters is 5. The van der Waals surface area contributed by atoms with Gasteiger partial charge in [0, 0.05) is 0 Å². The lowest BCUT2D eigenvalue weighted by Gasteiger charge is -2.12. The first-order chi connectivity index (χ1) is 27.1. The molecule has 0 N–H and O–H groups in total. The molecule has 6 aromatic carbocycles. The molecular formula is C46H38O10. The van der Waals surface area contributed by atoms with Crippen LogP contribution in [0.3, 0.4) is 0 Å². The van der Waals surface area contributed by atoms with Crippen molar-refractivity contribution in [2.75, 3.05) is 7.11 Å². The van der Waals surface area contributed by atoms with Gasteiger partial charge in [-0.2, -0.15) is 0 Å². The lowest BCUT2D eigenvalue weighted by atomic mass is 10.1. The van der Waals surface area contributed by atoms with Crippen LogP contribution in [0, 0.1) is 0 Å². The Labute approximate surface area is 323 Å². The molecule has 0 bridgehead atoms. The van der Waals surface area contributed by atoms with E-state index in [-0.39, 0.29) is 39.7 Å². The third kappa shape index (κ3) is 9.53. The van der Waals surface area contributed by atoms with Crippen molar-refractivity contribution in [2.24, 2.45) is 0 Å². The molecule has 0 saturated carbocycles. The summed E-state index contributed by atoms with van der Waals surface area (Å²) >= 11 is 0. The predicted octanol–water partition coefficient (Wildman–Crippen LogP) is 9.41. The van der Waals surface area contributed by atoms with E-state index in [1.54, 1.807) is 42.5 Å². The van der Waals surface area contributed by atoms with Crippen LogP contribution in [0.2, 0.25) is 0 Å². The molecule has 0 saturated heterocycles. The minimum atomic E-state index is -0.758. The summed E-state index contributed by atoms with van der Waals surface area (Å²) in [5.74, 6) is -2.56. The highest BCUT2D eigenvalue weighted by Gasteiger charge is 2.20. The maximum absolute atomic E-state index is 13.2. The first-order valence-corrected chi connectivity index (χ1v) is 18.1. The minimum Gasteiger partial charge on any atom is -0.465 e. The first-order valence-electron chi connectivity index (χ1n) is 18.1. The molecule has 0 aliphatic carbocycles. The maximum atomic E-state index is 13.2. The van der Waals surface area contributed by atoms with Gasteiger partial charge in [0.05, 0.1) is 29.4 Å². The van der Waals surface area contributed by atoms with Crippen molar-refractivity contribution in [2.45, 2.75) is 39.5 Å². The van der Waals surface area contributed by atoms with Crippen LogP contribution in [0.5, 0.6) is 23.0 Å². The van der Waals surface area contributed by atoms with Crippen LogP contribution in [0.15, 0.2) is 127 Å². The summed E-state index contributed by atoms with van der Waals surface area (Å²) in [6.07, 6.45) is 3.85. The number of hydrogen-bond acceptors (Lipinski definition) is 10. The van der Waals surface area contributed by atoms with E-state index < -0.39 is 29.8 Å². The molecular weight excluding hydrogens is 712 g/mol. The Balaban J connectivity index is 1.10. The summed E-state index contributed by atoms with van der Waals surface area (Å²) < 4.78 is 27.1. The first kappa shape index (κ1) is 38.6. The molecule has 56 heavy (non-hydrogen) atoms. The molecule has 0 spiro atoms. The highest BCUT2D eigenvalue weighted by atomic mass is 16.6. The van der Waals surface area contributed by atoms with Crippen LogP contribution in [0.4, 0.5) is 0 Å². The van der Waals surface area contributed by atoms with E-state index in [4.69, 9.17) is 23.7 Å². The summed E-state index contributed by atoms with van der Waals surface area (Å²) in [4.78, 5) is 64.2. The highest BCUT2D eigenvalue weighted by Crippen LogP contribution is 2.31. The van der Waals surface area contributed by atoms with E-state index in [1.807, 2.05) is 24.3 Å². The fourth-order valence-corrected chi connectivity index (χ4v) is 5.84. The van der Waals surface area contributed by atoms with Crippen molar-refractivity contribution in [1.29, 1.82) is 0 Å². The Kier molecular flexibility index (Phi) is 12.3. The smallest absolute Gasteiger partial charge is 0.343 e. The number of rotatable bonds is 13. The van der Waals surface area contributed by atoms with Crippen molar-refractivity contribution < 1.29 is 47.7 Å². The summed E-state index contributed by atoms with van der Waals surface area (Å²) in [6, 6.07) is 34.0. The molecule has 282 valence electrons. The van der Waals surface area contributed by atoms with Crippen molar-refractivity contribution in [3.05, 3.63) is 166 Å². The number of benzene rings is 6. The zero-order valence-corrected chi connectivity index (χ0v) is 31.0. The lowest BCUT2D eigenvalue weighted by Crippen LogP contribution is -2.13. The van der Waals surface area contributed by atoms with Crippen LogP contribution in [-0.2, 0) is 17.6 Å². The van der Waals surface area contributed by atoms with Crippen LogP contribution in [-0.4, -0.2) is 37.0 Å². The fraction of sp³-hybridized carbons (Fsp3) is 0.152. The Morgan fingerprint density at radius 2 is 0.804 bits per heavy atom. The lowest BCUT2D eigenvalue weighted by molar-refractivity contribution is 0.0591. The van der Waals surface area contributed by atoms with Crippen molar-refractivity contribution in [3.63, 3.8) is 0 Å². The summed E-state index contributed by atoms with van der Waals surface area (Å²) in [7, 11) is 1.20. The molecule has 10 nitrogen and oxygen atoms in total. The third-order valence-electron chi connectivity index (χ3n) is 8.79. The standard InChI is InChI=1S/C46H38O10/c1-4-6-29-8-12-31(13-9-29)42(47)53-37-21-16-33(17-22-37)44(49)55-39-25-20-35-28-41(40(46(51)52-3)27-36(35)26-39)56-45(50)34-18-23-38(24-19-34)54-43(48)32-14-10-30(7-5-2)11-15-32/h8-28H,4-7H2,1-3H3. The van der Waals surface area contributed by atoms with Gasteiger partial charge in [-0.15, -0.1) is 0 Å². The minimum absolute atomic E-state index is 0.0330. The van der Waals surface area contributed by atoms with Gasteiger partial charge in [0.2, 0.25) is 0 Å². The monoisotopic (exact) mass is 750 g/mol. The van der Waals surface area contributed by atoms with Crippen molar-refractivity contribution in [3.8, 4) is 23.0 Å². The molecule has 6 aromatic rings. The summed E-state index contributed by atoms with van der Waals surface area (Å²) in [5.41, 5.74) is 3.42. The second-order valence-electron chi connectivity index (χ2n) is 12.8. The number of fused-ring (bicyclic) bond motifs is 1. The van der Waals surface area contributed by atoms with Gasteiger partial charge < -0.3 is 23.7 Å². The largest absolute Gasteiger partial charge is 0.465 e. The average molecular weight is 751 g/mol. The highest BCUT2D eigenvalue weighted by molar-refractivity contribution is 6.01. The van der Waals surface area contributed by atoms with Gasteiger partial charge in [-0.05, 0) is 132 Å². The van der Waals surface area contributed by atoms with E-state index in [0.717, 1.165) is 36.8 Å². The zero-order chi connectivity index (χ0) is 39.6. The molecule has 0 aliphatic rings. The van der Waals surface area contributed by atoms with E-state index >= 15 is 0 Å². The number of methoxy groups -OCH3 is 1. The molecule has 0 amide bonds. The second-order valence-corrected chi connectivity index (χ2v) is 12.8. The normalized spacial score (nSPS) is 10.7. The Morgan fingerprint density at radius 1 is 0.411 bits per heavy atom. The average Bonchev–Trinajstić information content (AvgIpc) is 3.21. The van der Waals surface area contributed by atoms with E-state index in [0.29, 0.717) is 21.9 Å². The van der Waals surface area contributed by atoms with Gasteiger partial charge in [0.15, 0.2) is 0 Å². The molecule has 0 radical (unpaired) electrons. The molecule has 0 fully saturated rings. The Bertz CT molecular complexity index is 2380. The van der Waals surface area contributed by atoms with Crippen LogP contribution in [0.1, 0.15) is 89.6 Å². The number of carbonyl (C=O) groups is 5. The van der Waals surface area contributed by atoms with Gasteiger partial charge in [0.1, 0.15) is 28.6 Å². The van der Waals surface area contributed by atoms with Crippen molar-refractivity contribution >= 4 is 40.6 Å². The van der Waals surface area contributed by atoms with Crippen LogP contribution >= 0.6 is 0 Å². The second kappa shape index (κ2) is 17.8. The molecule has 0 atom stereocenters. The number of aryl methyl sites for hydroxylation is 2. The molecule has 0 heterocycles. The summed E-state index contributed by atoms with van der Waals surface area (Å²) in [6.45, 7) is 4.17. The maximum Gasteiger partial charge on any atom is 0.343 e. The molecule has 0 aromatic heterocycles. The van der Waals surface area contributed by atoms with Gasteiger partial charge in [-0.1, -0.05) is 57.0 Å². The Hall–Kier alpha value is -7.07. The summed E-state index contributed by atoms with van der Waals surface area (Å²) in [5, 5.41) is 1.09. The van der Waals surface area contributed by atoms with Crippen LogP contribution < -0.4 is 18.9 Å². The molecule has 6 rings (SSSR count). The topological polar surface area (TPSA) is 132 Å².